The van der Waals surface area contributed by atoms with Crippen LogP contribution in [0.4, 0.5) is 5.69 Å². The van der Waals surface area contributed by atoms with Gasteiger partial charge >= 0.3 is 0 Å². The van der Waals surface area contributed by atoms with Crippen molar-refractivity contribution < 1.29 is 9.47 Å². The van der Waals surface area contributed by atoms with Gasteiger partial charge in [-0.05, 0) is 37.1 Å². The lowest BCUT2D eigenvalue weighted by atomic mass is 10.1. The second-order valence-electron chi connectivity index (χ2n) is 4.66. The molecule has 0 unspecified atom stereocenters. The molecular weight excluding hydrogens is 262 g/mol. The summed E-state index contributed by atoms with van der Waals surface area (Å²) in [5.41, 5.74) is 3.51. The smallest absolute Gasteiger partial charge is 0.174 e. The van der Waals surface area contributed by atoms with Crippen LogP contribution in [-0.2, 0) is 9.47 Å². The minimum atomic E-state index is -0.200. The minimum absolute atomic E-state index is 0.200. The van der Waals surface area contributed by atoms with Crippen molar-refractivity contribution in [3.63, 3.8) is 0 Å². The molecule has 3 nitrogen and oxygen atoms in total. The van der Waals surface area contributed by atoms with Gasteiger partial charge in [0.2, 0.25) is 0 Å². The molecule has 0 saturated heterocycles. The highest BCUT2D eigenvalue weighted by molar-refractivity contribution is 5.65. The maximum Gasteiger partial charge on any atom is 0.174 e. The number of nitrogens with one attached hydrogen (secondary N) is 1. The quantitative estimate of drug-likeness (QED) is 0.739. The van der Waals surface area contributed by atoms with E-state index in [0.717, 1.165) is 5.69 Å². The molecule has 0 aliphatic carbocycles. The number of benzene rings is 2. The standard InChI is InChI=1S/C18H23NO2/c1-3-20-18(21-4-2)14-19-17-12-10-16(11-13-17)15-8-6-5-7-9-15/h5-13,18-19H,3-4,14H2,1-2H3. The molecule has 0 aliphatic rings. The molecule has 0 saturated carbocycles. The number of hydrogen-bond acceptors (Lipinski definition) is 3. The molecule has 112 valence electrons. The zero-order valence-electron chi connectivity index (χ0n) is 12.7. The summed E-state index contributed by atoms with van der Waals surface area (Å²) >= 11 is 0. The van der Waals surface area contributed by atoms with Gasteiger partial charge in [-0.1, -0.05) is 42.5 Å². The molecule has 2 aromatic carbocycles. The van der Waals surface area contributed by atoms with Crippen LogP contribution in [0.2, 0.25) is 0 Å². The van der Waals surface area contributed by atoms with Gasteiger partial charge in [-0.15, -0.1) is 0 Å². The van der Waals surface area contributed by atoms with Gasteiger partial charge in [-0.3, -0.25) is 0 Å². The summed E-state index contributed by atoms with van der Waals surface area (Å²) in [5, 5.41) is 3.34. The summed E-state index contributed by atoms with van der Waals surface area (Å²) in [5.74, 6) is 0. The zero-order valence-corrected chi connectivity index (χ0v) is 12.7. The van der Waals surface area contributed by atoms with Crippen LogP contribution in [-0.4, -0.2) is 26.0 Å². The Kier molecular flexibility index (Phi) is 6.25. The number of rotatable bonds is 8. The Morgan fingerprint density at radius 2 is 1.38 bits per heavy atom. The van der Waals surface area contributed by atoms with E-state index >= 15 is 0 Å². The molecule has 0 aromatic heterocycles. The van der Waals surface area contributed by atoms with Crippen LogP contribution in [0.3, 0.4) is 0 Å². The monoisotopic (exact) mass is 285 g/mol. The van der Waals surface area contributed by atoms with Crippen LogP contribution >= 0.6 is 0 Å². The average Bonchev–Trinajstić information content (AvgIpc) is 2.54. The Labute approximate surface area is 126 Å². The highest BCUT2D eigenvalue weighted by Gasteiger charge is 2.07. The van der Waals surface area contributed by atoms with Crippen molar-refractivity contribution in [3.8, 4) is 11.1 Å². The molecule has 0 aliphatic heterocycles. The normalized spacial score (nSPS) is 10.8. The Morgan fingerprint density at radius 1 is 0.810 bits per heavy atom. The molecule has 0 radical (unpaired) electrons. The van der Waals surface area contributed by atoms with Gasteiger partial charge in [-0.2, -0.15) is 0 Å². The van der Waals surface area contributed by atoms with E-state index in [-0.39, 0.29) is 6.29 Å². The van der Waals surface area contributed by atoms with Crippen LogP contribution in [0, 0.1) is 0 Å². The SMILES string of the molecule is CCOC(CNc1ccc(-c2ccccc2)cc1)OCC. The average molecular weight is 285 g/mol. The van der Waals surface area contributed by atoms with Crippen LogP contribution in [0.25, 0.3) is 11.1 Å². The summed E-state index contributed by atoms with van der Waals surface area (Å²) in [6.07, 6.45) is -0.200. The molecule has 2 aromatic rings. The van der Waals surface area contributed by atoms with Crippen molar-refractivity contribution in [1.82, 2.24) is 0 Å². The van der Waals surface area contributed by atoms with Gasteiger partial charge in [0.1, 0.15) is 0 Å². The Morgan fingerprint density at radius 3 is 1.95 bits per heavy atom. The Hall–Kier alpha value is -1.84. The summed E-state index contributed by atoms with van der Waals surface area (Å²) in [7, 11) is 0. The first-order chi connectivity index (χ1) is 10.3. The topological polar surface area (TPSA) is 30.5 Å². The lowest BCUT2D eigenvalue weighted by molar-refractivity contribution is -0.126. The zero-order chi connectivity index (χ0) is 14.9. The van der Waals surface area contributed by atoms with E-state index in [0.29, 0.717) is 19.8 Å². The molecule has 0 amide bonds. The molecule has 0 fully saturated rings. The van der Waals surface area contributed by atoms with E-state index < -0.39 is 0 Å². The van der Waals surface area contributed by atoms with Crippen molar-refractivity contribution in [3.05, 3.63) is 54.6 Å². The van der Waals surface area contributed by atoms with E-state index in [1.54, 1.807) is 0 Å². The number of hydrogen-bond donors (Lipinski definition) is 1. The van der Waals surface area contributed by atoms with Gasteiger partial charge in [0.05, 0.1) is 6.54 Å². The van der Waals surface area contributed by atoms with Crippen molar-refractivity contribution >= 4 is 5.69 Å². The summed E-state index contributed by atoms with van der Waals surface area (Å²) in [6, 6.07) is 18.8. The first-order valence-corrected chi connectivity index (χ1v) is 7.46. The van der Waals surface area contributed by atoms with E-state index in [2.05, 4.69) is 53.8 Å². The van der Waals surface area contributed by atoms with Crippen LogP contribution in [0.1, 0.15) is 13.8 Å². The molecule has 0 heterocycles. The van der Waals surface area contributed by atoms with Crippen molar-refractivity contribution in [2.45, 2.75) is 20.1 Å². The van der Waals surface area contributed by atoms with E-state index in [1.807, 2.05) is 19.9 Å². The van der Waals surface area contributed by atoms with Crippen molar-refractivity contribution in [2.75, 3.05) is 25.1 Å². The second kappa shape index (κ2) is 8.45. The largest absolute Gasteiger partial charge is 0.380 e. The fraction of sp³-hybridized carbons (Fsp3) is 0.333. The van der Waals surface area contributed by atoms with Crippen LogP contribution < -0.4 is 5.32 Å². The second-order valence-corrected chi connectivity index (χ2v) is 4.66. The molecule has 2 rings (SSSR count). The maximum absolute atomic E-state index is 5.51. The molecule has 0 atom stereocenters. The minimum Gasteiger partial charge on any atom is -0.380 e. The van der Waals surface area contributed by atoms with Crippen LogP contribution in [0.5, 0.6) is 0 Å². The highest BCUT2D eigenvalue weighted by Crippen LogP contribution is 2.21. The van der Waals surface area contributed by atoms with Gasteiger partial charge in [0, 0.05) is 18.9 Å². The molecular formula is C18H23NO2. The molecule has 0 bridgehead atoms. The maximum atomic E-state index is 5.51. The van der Waals surface area contributed by atoms with E-state index in [9.17, 15) is 0 Å². The van der Waals surface area contributed by atoms with Gasteiger partial charge in [0.15, 0.2) is 6.29 Å². The highest BCUT2D eigenvalue weighted by atomic mass is 16.7. The Bertz CT molecular complexity index is 505. The van der Waals surface area contributed by atoms with Crippen molar-refractivity contribution in [1.29, 1.82) is 0 Å². The van der Waals surface area contributed by atoms with Crippen LogP contribution in [0.15, 0.2) is 54.6 Å². The predicted molar refractivity (Wildman–Crippen MR) is 87.4 cm³/mol. The predicted octanol–water partition coefficient (Wildman–Crippen LogP) is 4.16. The summed E-state index contributed by atoms with van der Waals surface area (Å²) in [6.45, 7) is 5.90. The third-order valence-electron chi connectivity index (χ3n) is 3.17. The van der Waals surface area contributed by atoms with Gasteiger partial charge < -0.3 is 14.8 Å². The number of anilines is 1. The molecule has 0 spiro atoms. The van der Waals surface area contributed by atoms with E-state index in [4.69, 9.17) is 9.47 Å². The summed E-state index contributed by atoms with van der Waals surface area (Å²) in [4.78, 5) is 0. The molecule has 21 heavy (non-hydrogen) atoms. The lowest BCUT2D eigenvalue weighted by Crippen LogP contribution is -2.26. The fourth-order valence-electron chi connectivity index (χ4n) is 2.15. The third kappa shape index (κ3) is 4.88. The first-order valence-electron chi connectivity index (χ1n) is 7.46. The first kappa shape index (κ1) is 15.5. The lowest BCUT2D eigenvalue weighted by Gasteiger charge is -2.18. The number of ether oxygens (including phenoxy) is 2. The van der Waals surface area contributed by atoms with E-state index in [1.165, 1.54) is 11.1 Å². The Balaban J connectivity index is 1.93. The molecule has 1 N–H and O–H groups in total. The fourth-order valence-corrected chi connectivity index (χ4v) is 2.15. The molecule has 3 heteroatoms. The van der Waals surface area contributed by atoms with Crippen molar-refractivity contribution in [2.24, 2.45) is 0 Å². The van der Waals surface area contributed by atoms with Gasteiger partial charge in [-0.25, -0.2) is 0 Å². The van der Waals surface area contributed by atoms with Gasteiger partial charge in [0.25, 0.3) is 0 Å². The summed E-state index contributed by atoms with van der Waals surface area (Å²) < 4.78 is 11.0. The third-order valence-corrected chi connectivity index (χ3v) is 3.17.